The molecular formula is C9H11ClN2O. The second kappa shape index (κ2) is 3.16. The Labute approximate surface area is 81.9 Å². The predicted octanol–water partition coefficient (Wildman–Crippen LogP) is 1.56. The lowest BCUT2D eigenvalue weighted by Crippen LogP contribution is -2.03. The number of methoxy groups -OCH3 is 1. The molecule has 0 aromatic carbocycles. The van der Waals surface area contributed by atoms with Crippen LogP contribution in [0.4, 0.5) is 0 Å². The van der Waals surface area contributed by atoms with E-state index in [0.29, 0.717) is 16.8 Å². The third kappa shape index (κ3) is 1.49. The Bertz CT molecular complexity index is 329. The summed E-state index contributed by atoms with van der Waals surface area (Å²) >= 11 is 6.03. The minimum atomic E-state index is 0.218. The molecule has 1 heterocycles. The van der Waals surface area contributed by atoms with Crippen LogP contribution in [-0.4, -0.2) is 18.1 Å². The first-order chi connectivity index (χ1) is 6.24. The number of nitrogens with two attached hydrogens (primary N) is 1. The number of halogens is 1. The van der Waals surface area contributed by atoms with E-state index in [1.807, 2.05) is 0 Å². The molecule has 2 rings (SSSR count). The highest BCUT2D eigenvalue weighted by atomic mass is 35.5. The molecule has 0 radical (unpaired) electrons. The van der Waals surface area contributed by atoms with Crippen molar-refractivity contribution in [1.82, 2.24) is 4.98 Å². The lowest BCUT2D eigenvalue weighted by atomic mass is 10.2. The van der Waals surface area contributed by atoms with Crippen LogP contribution in [0.15, 0.2) is 12.3 Å². The maximum Gasteiger partial charge on any atom is 0.218 e. The average molecular weight is 199 g/mol. The molecule has 3 nitrogen and oxygen atoms in total. The standard InChI is InChI=1S/C9H11ClN2O/c1-13-9-8(5-4-7(5)11)6(10)2-3-12-9/h2-3,5,7H,4,11H2,1H3/t5-,7-/m1/s1. The molecule has 1 aromatic heterocycles. The van der Waals surface area contributed by atoms with Gasteiger partial charge in [-0.1, -0.05) is 11.6 Å². The molecule has 1 fully saturated rings. The van der Waals surface area contributed by atoms with Crippen molar-refractivity contribution in [3.63, 3.8) is 0 Å². The molecule has 1 aliphatic carbocycles. The lowest BCUT2D eigenvalue weighted by Gasteiger charge is -2.07. The van der Waals surface area contributed by atoms with Crippen LogP contribution in [0.5, 0.6) is 5.88 Å². The lowest BCUT2D eigenvalue weighted by molar-refractivity contribution is 0.392. The maximum atomic E-state index is 6.03. The Morgan fingerprint density at radius 1 is 1.69 bits per heavy atom. The molecule has 0 aliphatic heterocycles. The Kier molecular flexibility index (Phi) is 2.14. The van der Waals surface area contributed by atoms with Crippen LogP contribution in [0.1, 0.15) is 17.9 Å². The third-order valence-corrected chi connectivity index (χ3v) is 2.63. The highest BCUT2D eigenvalue weighted by molar-refractivity contribution is 6.31. The molecule has 2 atom stereocenters. The largest absolute Gasteiger partial charge is 0.481 e. The van der Waals surface area contributed by atoms with Crippen molar-refractivity contribution in [3.05, 3.63) is 22.8 Å². The highest BCUT2D eigenvalue weighted by Gasteiger charge is 2.38. The fourth-order valence-corrected chi connectivity index (χ4v) is 1.75. The zero-order valence-electron chi connectivity index (χ0n) is 7.33. The van der Waals surface area contributed by atoms with Gasteiger partial charge in [0, 0.05) is 23.7 Å². The monoisotopic (exact) mass is 198 g/mol. The van der Waals surface area contributed by atoms with Crippen molar-refractivity contribution < 1.29 is 4.74 Å². The van der Waals surface area contributed by atoms with Crippen molar-refractivity contribution in [2.24, 2.45) is 5.73 Å². The van der Waals surface area contributed by atoms with E-state index in [9.17, 15) is 0 Å². The smallest absolute Gasteiger partial charge is 0.218 e. The summed E-state index contributed by atoms with van der Waals surface area (Å²) in [6.45, 7) is 0. The molecule has 0 unspecified atom stereocenters. The van der Waals surface area contributed by atoms with Gasteiger partial charge in [-0.25, -0.2) is 4.98 Å². The van der Waals surface area contributed by atoms with Gasteiger partial charge in [-0.15, -0.1) is 0 Å². The summed E-state index contributed by atoms with van der Waals surface area (Å²) < 4.78 is 5.12. The van der Waals surface area contributed by atoms with Gasteiger partial charge >= 0.3 is 0 Å². The number of ether oxygens (including phenoxy) is 1. The van der Waals surface area contributed by atoms with E-state index in [0.717, 1.165) is 12.0 Å². The summed E-state index contributed by atoms with van der Waals surface area (Å²) in [5.41, 5.74) is 6.71. The predicted molar refractivity (Wildman–Crippen MR) is 51.1 cm³/mol. The third-order valence-electron chi connectivity index (χ3n) is 2.30. The van der Waals surface area contributed by atoms with Crippen LogP contribution in [-0.2, 0) is 0 Å². The molecular weight excluding hydrogens is 188 g/mol. The van der Waals surface area contributed by atoms with E-state index in [2.05, 4.69) is 4.98 Å². The van der Waals surface area contributed by atoms with Gasteiger partial charge in [0.25, 0.3) is 0 Å². The fourth-order valence-electron chi connectivity index (χ4n) is 1.48. The molecule has 0 amide bonds. The molecule has 0 bridgehead atoms. The molecule has 0 spiro atoms. The van der Waals surface area contributed by atoms with E-state index in [4.69, 9.17) is 22.1 Å². The van der Waals surface area contributed by atoms with Gasteiger partial charge in [0.1, 0.15) is 0 Å². The molecule has 2 N–H and O–H groups in total. The summed E-state index contributed by atoms with van der Waals surface area (Å²) in [6.07, 6.45) is 2.61. The normalized spacial score (nSPS) is 25.8. The topological polar surface area (TPSA) is 48.1 Å². The minimum Gasteiger partial charge on any atom is -0.481 e. The maximum absolute atomic E-state index is 6.03. The zero-order chi connectivity index (χ0) is 9.42. The van der Waals surface area contributed by atoms with Gasteiger partial charge < -0.3 is 10.5 Å². The molecule has 1 aliphatic rings. The van der Waals surface area contributed by atoms with Gasteiger partial charge in [0.2, 0.25) is 5.88 Å². The Morgan fingerprint density at radius 2 is 2.38 bits per heavy atom. The second-order valence-corrected chi connectivity index (χ2v) is 3.63. The van der Waals surface area contributed by atoms with Gasteiger partial charge in [-0.05, 0) is 12.5 Å². The highest BCUT2D eigenvalue weighted by Crippen LogP contribution is 2.45. The molecule has 4 heteroatoms. The molecule has 1 aromatic rings. The number of nitrogens with zero attached hydrogens (tertiary/aromatic N) is 1. The molecule has 13 heavy (non-hydrogen) atoms. The number of aromatic nitrogens is 1. The van der Waals surface area contributed by atoms with Crippen molar-refractivity contribution in [1.29, 1.82) is 0 Å². The molecule has 0 saturated heterocycles. The van der Waals surface area contributed by atoms with E-state index < -0.39 is 0 Å². The van der Waals surface area contributed by atoms with Crippen molar-refractivity contribution in [2.45, 2.75) is 18.4 Å². The number of pyridine rings is 1. The van der Waals surface area contributed by atoms with Crippen molar-refractivity contribution in [2.75, 3.05) is 7.11 Å². The van der Waals surface area contributed by atoms with Crippen LogP contribution in [0.25, 0.3) is 0 Å². The van der Waals surface area contributed by atoms with Gasteiger partial charge in [0.15, 0.2) is 0 Å². The average Bonchev–Trinajstić information content (AvgIpc) is 2.82. The van der Waals surface area contributed by atoms with Gasteiger partial charge in [0.05, 0.1) is 12.1 Å². The minimum absolute atomic E-state index is 0.218. The first-order valence-corrected chi connectivity index (χ1v) is 4.55. The number of hydrogen-bond acceptors (Lipinski definition) is 3. The van der Waals surface area contributed by atoms with Crippen LogP contribution in [0, 0.1) is 0 Å². The van der Waals surface area contributed by atoms with Gasteiger partial charge in [-0.3, -0.25) is 0 Å². The van der Waals surface area contributed by atoms with Crippen LogP contribution < -0.4 is 10.5 Å². The summed E-state index contributed by atoms with van der Waals surface area (Å²) in [5, 5.41) is 0.699. The van der Waals surface area contributed by atoms with Crippen molar-refractivity contribution >= 4 is 11.6 Å². The second-order valence-electron chi connectivity index (χ2n) is 3.22. The number of hydrogen-bond donors (Lipinski definition) is 1. The van der Waals surface area contributed by atoms with Crippen LogP contribution in [0.2, 0.25) is 5.02 Å². The fraction of sp³-hybridized carbons (Fsp3) is 0.444. The Morgan fingerprint density at radius 3 is 2.92 bits per heavy atom. The SMILES string of the molecule is COc1nccc(Cl)c1[C@@H]1C[C@H]1N. The van der Waals surface area contributed by atoms with E-state index in [1.165, 1.54) is 0 Å². The summed E-state index contributed by atoms with van der Waals surface area (Å²) in [5.74, 6) is 0.932. The molecule has 70 valence electrons. The number of rotatable bonds is 2. The summed E-state index contributed by atoms with van der Waals surface area (Å²) in [7, 11) is 1.59. The Hall–Kier alpha value is -0.800. The van der Waals surface area contributed by atoms with Gasteiger partial charge in [-0.2, -0.15) is 0 Å². The molecule has 1 saturated carbocycles. The zero-order valence-corrected chi connectivity index (χ0v) is 8.08. The van der Waals surface area contributed by atoms with Crippen molar-refractivity contribution in [3.8, 4) is 5.88 Å². The van der Waals surface area contributed by atoms with Crippen LogP contribution >= 0.6 is 11.6 Å². The summed E-state index contributed by atoms with van der Waals surface area (Å²) in [6, 6.07) is 1.99. The van der Waals surface area contributed by atoms with Crippen LogP contribution in [0.3, 0.4) is 0 Å². The summed E-state index contributed by atoms with van der Waals surface area (Å²) in [4.78, 5) is 4.09. The first-order valence-electron chi connectivity index (χ1n) is 4.18. The van der Waals surface area contributed by atoms with E-state index in [-0.39, 0.29) is 6.04 Å². The van der Waals surface area contributed by atoms with E-state index in [1.54, 1.807) is 19.4 Å². The quantitative estimate of drug-likeness (QED) is 0.785. The van der Waals surface area contributed by atoms with E-state index >= 15 is 0 Å². The first kappa shape index (κ1) is 8.78. The Balaban J connectivity index is 2.41.